The van der Waals surface area contributed by atoms with Gasteiger partial charge in [-0.15, -0.1) is 0 Å². The normalized spacial score (nSPS) is 35.7. The average Bonchev–Trinajstić information content (AvgIpc) is 3.14. The second-order valence-electron chi connectivity index (χ2n) is 12.2. The van der Waals surface area contributed by atoms with E-state index in [9.17, 15) is 21.6 Å². The van der Waals surface area contributed by atoms with Crippen molar-refractivity contribution in [3.8, 4) is 11.5 Å². The lowest BCUT2D eigenvalue weighted by Gasteiger charge is -2.64. The maximum absolute atomic E-state index is 13.8. The molecule has 0 aromatic heterocycles. The summed E-state index contributed by atoms with van der Waals surface area (Å²) in [5.41, 5.74) is -3.78. The van der Waals surface area contributed by atoms with Crippen molar-refractivity contribution in [2.75, 3.05) is 25.1 Å². The SMILES string of the molecule is COc1cc2c3c(c1OC)N(S(=O)(=O)C(F)(F)F)C[C@H]3C[C@@H]1[C@@]3(C)CCCC(C)(C)[C@@H]3CC[C@@]21C. The van der Waals surface area contributed by atoms with E-state index in [1.807, 2.05) is 6.07 Å². The summed E-state index contributed by atoms with van der Waals surface area (Å²) in [6.45, 7) is 9.11. The van der Waals surface area contributed by atoms with Gasteiger partial charge in [0.15, 0.2) is 11.5 Å². The van der Waals surface area contributed by atoms with Crippen LogP contribution in [0.5, 0.6) is 11.5 Å². The van der Waals surface area contributed by atoms with Crippen LogP contribution in [0.4, 0.5) is 18.9 Å². The maximum Gasteiger partial charge on any atom is 0.516 e. The van der Waals surface area contributed by atoms with Gasteiger partial charge in [0.25, 0.3) is 0 Å². The first-order valence-electron chi connectivity index (χ1n) is 12.5. The van der Waals surface area contributed by atoms with Crippen LogP contribution in [-0.4, -0.2) is 34.7 Å². The summed E-state index contributed by atoms with van der Waals surface area (Å²) in [4.78, 5) is 0. The van der Waals surface area contributed by atoms with Crippen molar-refractivity contribution in [3.63, 3.8) is 0 Å². The van der Waals surface area contributed by atoms with Gasteiger partial charge < -0.3 is 9.47 Å². The Bertz CT molecular complexity index is 1160. The van der Waals surface area contributed by atoms with E-state index in [1.165, 1.54) is 20.6 Å². The minimum atomic E-state index is -5.59. The summed E-state index contributed by atoms with van der Waals surface area (Å²) in [7, 11) is -2.81. The Morgan fingerprint density at radius 2 is 1.71 bits per heavy atom. The van der Waals surface area contributed by atoms with E-state index < -0.39 is 15.5 Å². The monoisotopic (exact) mass is 515 g/mol. The molecule has 0 spiro atoms. The van der Waals surface area contributed by atoms with Crippen LogP contribution in [0.3, 0.4) is 0 Å². The lowest BCUT2D eigenvalue weighted by molar-refractivity contribution is -0.112. The van der Waals surface area contributed by atoms with E-state index in [4.69, 9.17) is 9.47 Å². The molecule has 2 fully saturated rings. The molecule has 0 radical (unpaired) electrons. The Hall–Kier alpha value is -1.64. The average molecular weight is 516 g/mol. The van der Waals surface area contributed by atoms with E-state index in [0.29, 0.717) is 22.2 Å². The molecule has 5 atom stereocenters. The smallest absolute Gasteiger partial charge is 0.493 e. The highest BCUT2D eigenvalue weighted by Gasteiger charge is 2.63. The van der Waals surface area contributed by atoms with Gasteiger partial charge in [0.2, 0.25) is 0 Å². The number of nitrogens with zero attached hydrogens (tertiary/aromatic N) is 1. The van der Waals surface area contributed by atoms with Crippen molar-refractivity contribution in [1.82, 2.24) is 0 Å². The quantitative estimate of drug-likeness (QED) is 0.470. The number of fused-ring (bicyclic) bond motifs is 4. The molecule has 35 heavy (non-hydrogen) atoms. The summed E-state index contributed by atoms with van der Waals surface area (Å²) in [5.74, 6) is 0.796. The van der Waals surface area contributed by atoms with Crippen LogP contribution in [0.15, 0.2) is 6.07 Å². The van der Waals surface area contributed by atoms with Gasteiger partial charge in [-0.3, -0.25) is 4.31 Å². The van der Waals surface area contributed by atoms with Crippen molar-refractivity contribution >= 4 is 15.7 Å². The number of benzene rings is 1. The molecule has 4 aliphatic rings. The number of ether oxygens (including phenoxy) is 2. The highest BCUT2D eigenvalue weighted by Crippen LogP contribution is 2.70. The third-order valence-corrected chi connectivity index (χ3v) is 11.7. The van der Waals surface area contributed by atoms with Crippen LogP contribution in [0, 0.1) is 22.7 Å². The van der Waals surface area contributed by atoms with Crippen molar-refractivity contribution in [3.05, 3.63) is 17.2 Å². The van der Waals surface area contributed by atoms with Gasteiger partial charge in [-0.1, -0.05) is 34.1 Å². The standard InChI is InChI=1S/C26H36F3NO4S/c1-23(2)9-7-10-25(4)18(23)8-11-24(3)16-13-17(33-5)22(34-6)21-20(16)15(12-19(24)25)14-30(21)35(31,32)26(27,28)29/h13,15,18-19H,7-12,14H2,1-6H3/t15-,18+,19+,24+,25+/m1/s1. The molecule has 9 heteroatoms. The zero-order valence-corrected chi connectivity index (χ0v) is 22.2. The zero-order chi connectivity index (χ0) is 25.8. The molecule has 3 aliphatic carbocycles. The minimum absolute atomic E-state index is 0.0140. The molecule has 0 saturated heterocycles. The highest BCUT2D eigenvalue weighted by atomic mass is 32.2. The number of hydrogen-bond donors (Lipinski definition) is 0. The predicted octanol–water partition coefficient (Wildman–Crippen LogP) is 6.36. The number of anilines is 1. The highest BCUT2D eigenvalue weighted by molar-refractivity contribution is 7.93. The first-order valence-corrected chi connectivity index (χ1v) is 14.0. The Morgan fingerprint density at radius 1 is 1.03 bits per heavy atom. The van der Waals surface area contributed by atoms with E-state index in [2.05, 4.69) is 27.7 Å². The summed E-state index contributed by atoms with van der Waals surface area (Å²) in [6, 6.07) is 1.91. The van der Waals surface area contributed by atoms with E-state index in [-0.39, 0.29) is 51.8 Å². The van der Waals surface area contributed by atoms with Crippen molar-refractivity contribution < 1.29 is 31.1 Å². The number of sulfonamides is 1. The first-order chi connectivity index (χ1) is 16.1. The minimum Gasteiger partial charge on any atom is -0.493 e. The Kier molecular flexibility index (Phi) is 5.33. The van der Waals surface area contributed by atoms with Crippen molar-refractivity contribution in [2.45, 2.75) is 83.1 Å². The molecule has 2 saturated carbocycles. The van der Waals surface area contributed by atoms with Gasteiger partial charge in [-0.2, -0.15) is 21.6 Å². The first kappa shape index (κ1) is 25.0. The van der Waals surface area contributed by atoms with Crippen molar-refractivity contribution in [1.29, 1.82) is 0 Å². The lowest BCUT2D eigenvalue weighted by atomic mass is 9.40. The van der Waals surface area contributed by atoms with Gasteiger partial charge in [-0.05, 0) is 77.4 Å². The fourth-order valence-electron chi connectivity index (χ4n) is 8.83. The number of halogens is 3. The molecule has 0 bridgehead atoms. The molecule has 1 aromatic rings. The second kappa shape index (κ2) is 7.45. The number of hydrogen-bond acceptors (Lipinski definition) is 4. The molecule has 5 rings (SSSR count). The van der Waals surface area contributed by atoms with E-state index in [1.54, 1.807) is 0 Å². The van der Waals surface area contributed by atoms with Crippen LogP contribution < -0.4 is 13.8 Å². The Morgan fingerprint density at radius 3 is 2.31 bits per heavy atom. The predicted molar refractivity (Wildman–Crippen MR) is 129 cm³/mol. The fraction of sp³-hybridized carbons (Fsp3) is 0.769. The number of methoxy groups -OCH3 is 2. The van der Waals surface area contributed by atoms with Gasteiger partial charge in [0.1, 0.15) is 5.69 Å². The van der Waals surface area contributed by atoms with Gasteiger partial charge >= 0.3 is 15.5 Å². The van der Waals surface area contributed by atoms with Gasteiger partial charge in [-0.25, -0.2) is 0 Å². The molecule has 0 unspecified atom stereocenters. The molecule has 1 aromatic carbocycles. The van der Waals surface area contributed by atoms with E-state index >= 15 is 0 Å². The zero-order valence-electron chi connectivity index (χ0n) is 21.4. The second-order valence-corrected chi connectivity index (χ2v) is 14.1. The fourth-order valence-corrected chi connectivity index (χ4v) is 9.88. The van der Waals surface area contributed by atoms with Crippen LogP contribution >= 0.6 is 0 Å². The molecule has 5 nitrogen and oxygen atoms in total. The van der Waals surface area contributed by atoms with Crippen LogP contribution in [0.1, 0.15) is 83.3 Å². The topological polar surface area (TPSA) is 55.8 Å². The number of rotatable bonds is 3. The van der Waals surface area contributed by atoms with Crippen LogP contribution in [0.2, 0.25) is 0 Å². The summed E-state index contributed by atoms with van der Waals surface area (Å²) >= 11 is 0. The molecule has 196 valence electrons. The summed E-state index contributed by atoms with van der Waals surface area (Å²) in [5, 5.41) is 0. The third-order valence-electron chi connectivity index (χ3n) is 10.2. The molecule has 0 amide bonds. The molecule has 0 N–H and O–H groups in total. The van der Waals surface area contributed by atoms with Gasteiger partial charge in [0.05, 0.1) is 14.2 Å². The summed E-state index contributed by atoms with van der Waals surface area (Å²) in [6.07, 6.45) is 6.06. The summed E-state index contributed by atoms with van der Waals surface area (Å²) < 4.78 is 78.5. The largest absolute Gasteiger partial charge is 0.516 e. The molecular weight excluding hydrogens is 479 g/mol. The Balaban J connectivity index is 1.74. The molecule has 1 heterocycles. The Labute approximate surface area is 206 Å². The maximum atomic E-state index is 13.8. The lowest BCUT2D eigenvalue weighted by Crippen LogP contribution is -2.58. The van der Waals surface area contributed by atoms with Crippen molar-refractivity contribution in [2.24, 2.45) is 22.7 Å². The third kappa shape index (κ3) is 3.15. The number of alkyl halides is 3. The van der Waals surface area contributed by atoms with E-state index in [0.717, 1.165) is 31.2 Å². The van der Waals surface area contributed by atoms with Crippen LogP contribution in [0.25, 0.3) is 0 Å². The molecular formula is C26H36F3NO4S. The van der Waals surface area contributed by atoms with Gasteiger partial charge in [0, 0.05) is 12.5 Å². The molecule has 1 aliphatic heterocycles. The van der Waals surface area contributed by atoms with Crippen LogP contribution in [-0.2, 0) is 15.4 Å².